The second-order valence-electron chi connectivity index (χ2n) is 9.06. The average Bonchev–Trinajstić information content (AvgIpc) is 3.56. The summed E-state index contributed by atoms with van der Waals surface area (Å²) in [6.45, 7) is 8.42. The Labute approximate surface area is 211 Å². The molecule has 2 aromatic carbocycles. The van der Waals surface area contributed by atoms with E-state index in [2.05, 4.69) is 41.4 Å². The lowest BCUT2D eigenvalue weighted by Gasteiger charge is -2.15. The van der Waals surface area contributed by atoms with E-state index in [1.54, 1.807) is 0 Å². The number of aryl methyl sites for hydroxylation is 1. The molecule has 0 saturated carbocycles. The van der Waals surface area contributed by atoms with Gasteiger partial charge in [-0.2, -0.15) is 15.2 Å². The lowest BCUT2D eigenvalue weighted by molar-refractivity contribution is -0.112. The maximum atomic E-state index is 13.5. The molecule has 176 valence electrons. The molecule has 0 saturated heterocycles. The van der Waals surface area contributed by atoms with Crippen LogP contribution in [0.15, 0.2) is 76.2 Å². The summed E-state index contributed by atoms with van der Waals surface area (Å²) in [5.41, 5.74) is 7.23. The largest absolute Gasteiger partial charge is 0.303 e. The minimum absolute atomic E-state index is 0.0778. The Balaban J connectivity index is 1.49. The molecule has 0 bridgehead atoms. The standard InChI is InChI=1S/C26H24N6OS2/c1-16-22(26(2,3)4)28-24(35-16)30-29-21-20(18-13-9-6-10-14-18)31-32(23(21)33)25-27-19(15-34-25)17-11-7-5-8-12-17/h5-15H,1-4H3,(H,28,30)/b29-21-. The van der Waals surface area contributed by atoms with Gasteiger partial charge in [0.2, 0.25) is 10.3 Å². The Morgan fingerprint density at radius 1 is 0.943 bits per heavy atom. The highest BCUT2D eigenvalue weighted by Crippen LogP contribution is 2.32. The predicted molar refractivity (Wildman–Crippen MR) is 145 cm³/mol. The number of hydrazone groups is 2. The Bertz CT molecular complexity index is 1430. The summed E-state index contributed by atoms with van der Waals surface area (Å²) in [5, 5.41) is 13.5. The Hall–Kier alpha value is -3.69. The van der Waals surface area contributed by atoms with Crippen LogP contribution in [0.4, 0.5) is 10.3 Å². The van der Waals surface area contributed by atoms with Crippen molar-refractivity contribution in [3.05, 3.63) is 82.2 Å². The zero-order chi connectivity index (χ0) is 24.6. The molecule has 7 nitrogen and oxygen atoms in total. The first kappa shape index (κ1) is 23.1. The third-order valence-electron chi connectivity index (χ3n) is 5.38. The summed E-state index contributed by atoms with van der Waals surface area (Å²) in [6.07, 6.45) is 0. The van der Waals surface area contributed by atoms with Crippen molar-refractivity contribution in [2.24, 2.45) is 10.2 Å². The molecule has 9 heteroatoms. The summed E-state index contributed by atoms with van der Waals surface area (Å²) < 4.78 is 0. The molecule has 35 heavy (non-hydrogen) atoms. The average molecular weight is 501 g/mol. The van der Waals surface area contributed by atoms with Crippen molar-refractivity contribution in [2.45, 2.75) is 33.1 Å². The number of carbonyl (C=O) groups is 1. The van der Waals surface area contributed by atoms with E-state index < -0.39 is 0 Å². The van der Waals surface area contributed by atoms with Crippen molar-refractivity contribution in [1.82, 2.24) is 9.97 Å². The fraction of sp³-hybridized carbons (Fsp3) is 0.192. The van der Waals surface area contributed by atoms with Crippen LogP contribution < -0.4 is 10.4 Å². The van der Waals surface area contributed by atoms with Gasteiger partial charge in [0.25, 0.3) is 0 Å². The number of hydrogen-bond acceptors (Lipinski definition) is 8. The highest BCUT2D eigenvalue weighted by atomic mass is 32.1. The molecule has 5 rings (SSSR count). The van der Waals surface area contributed by atoms with Gasteiger partial charge < -0.3 is 0 Å². The molecule has 1 aliphatic rings. The normalized spacial score (nSPS) is 15.1. The summed E-state index contributed by atoms with van der Waals surface area (Å²) in [7, 11) is 0. The molecular formula is C26H24N6OS2. The maximum Gasteiger partial charge on any atom is 0.303 e. The predicted octanol–water partition coefficient (Wildman–Crippen LogP) is 6.09. The van der Waals surface area contributed by atoms with Crippen LogP contribution in [0.1, 0.15) is 36.9 Å². The Morgan fingerprint density at radius 3 is 2.23 bits per heavy atom. The van der Waals surface area contributed by atoms with E-state index in [1.165, 1.54) is 27.7 Å². The summed E-state index contributed by atoms with van der Waals surface area (Å²) in [6, 6.07) is 19.4. The molecule has 0 unspecified atom stereocenters. The molecule has 0 aliphatic carbocycles. The van der Waals surface area contributed by atoms with Crippen molar-refractivity contribution < 1.29 is 4.79 Å². The molecule has 0 radical (unpaired) electrons. The van der Waals surface area contributed by atoms with Crippen LogP contribution in [-0.2, 0) is 10.2 Å². The third-order valence-corrected chi connectivity index (χ3v) is 7.07. The van der Waals surface area contributed by atoms with E-state index in [0.717, 1.165) is 27.4 Å². The monoisotopic (exact) mass is 500 g/mol. The van der Waals surface area contributed by atoms with E-state index in [4.69, 9.17) is 4.98 Å². The molecule has 0 atom stereocenters. The van der Waals surface area contributed by atoms with Gasteiger partial charge in [0.1, 0.15) is 5.71 Å². The zero-order valence-corrected chi connectivity index (χ0v) is 21.4. The van der Waals surface area contributed by atoms with Gasteiger partial charge in [-0.25, -0.2) is 9.97 Å². The zero-order valence-electron chi connectivity index (χ0n) is 19.8. The number of hydrogen-bond donors (Lipinski definition) is 1. The fourth-order valence-electron chi connectivity index (χ4n) is 3.76. The smallest absolute Gasteiger partial charge is 0.265 e. The highest BCUT2D eigenvalue weighted by molar-refractivity contribution is 7.15. The number of anilines is 2. The van der Waals surface area contributed by atoms with E-state index in [-0.39, 0.29) is 17.0 Å². The van der Waals surface area contributed by atoms with Gasteiger partial charge in [-0.05, 0) is 6.92 Å². The van der Waals surface area contributed by atoms with E-state index in [1.807, 2.05) is 73.0 Å². The van der Waals surface area contributed by atoms with Crippen LogP contribution in [0.2, 0.25) is 0 Å². The number of nitrogens with one attached hydrogen (secondary N) is 1. The number of nitrogens with zero attached hydrogens (tertiary/aromatic N) is 5. The van der Waals surface area contributed by atoms with E-state index in [0.29, 0.717) is 16.0 Å². The van der Waals surface area contributed by atoms with Gasteiger partial charge in [-0.1, -0.05) is 81.4 Å². The topological polar surface area (TPSA) is 82.8 Å². The molecule has 3 heterocycles. The van der Waals surface area contributed by atoms with Crippen molar-refractivity contribution in [3.8, 4) is 11.3 Å². The van der Waals surface area contributed by atoms with Crippen LogP contribution >= 0.6 is 22.7 Å². The van der Waals surface area contributed by atoms with Gasteiger partial charge in [0.05, 0.1) is 11.4 Å². The molecule has 2 aromatic heterocycles. The van der Waals surface area contributed by atoms with Gasteiger partial charge in [-0.15, -0.1) is 22.7 Å². The first-order chi connectivity index (χ1) is 16.8. The van der Waals surface area contributed by atoms with Crippen LogP contribution in [-0.4, -0.2) is 27.3 Å². The first-order valence-corrected chi connectivity index (χ1v) is 12.8. The molecule has 1 amide bonds. The van der Waals surface area contributed by atoms with Gasteiger partial charge >= 0.3 is 5.91 Å². The number of benzene rings is 2. The number of rotatable bonds is 5. The van der Waals surface area contributed by atoms with Crippen molar-refractivity contribution in [3.63, 3.8) is 0 Å². The summed E-state index contributed by atoms with van der Waals surface area (Å²) >= 11 is 2.88. The summed E-state index contributed by atoms with van der Waals surface area (Å²) in [4.78, 5) is 24.0. The molecule has 1 aliphatic heterocycles. The SMILES string of the molecule is Cc1sc(N/N=C2\C(=O)N(c3nc(-c4ccccc4)cs3)N=C2c2ccccc2)nc1C(C)(C)C. The second kappa shape index (κ2) is 9.16. The molecule has 4 aromatic rings. The van der Waals surface area contributed by atoms with Crippen molar-refractivity contribution >= 4 is 50.3 Å². The molecular weight excluding hydrogens is 476 g/mol. The Kier molecular flexibility index (Phi) is 6.04. The molecule has 0 fully saturated rings. The van der Waals surface area contributed by atoms with Crippen molar-refractivity contribution in [2.75, 3.05) is 10.4 Å². The van der Waals surface area contributed by atoms with Gasteiger partial charge in [0.15, 0.2) is 5.71 Å². The third kappa shape index (κ3) is 4.65. The van der Waals surface area contributed by atoms with Crippen LogP contribution in [0, 0.1) is 6.92 Å². The maximum absolute atomic E-state index is 13.5. The van der Waals surface area contributed by atoms with E-state index in [9.17, 15) is 4.79 Å². The van der Waals surface area contributed by atoms with Crippen molar-refractivity contribution in [1.29, 1.82) is 0 Å². The van der Waals surface area contributed by atoms with Gasteiger partial charge in [-0.3, -0.25) is 10.2 Å². The lowest BCUT2D eigenvalue weighted by atomic mass is 9.92. The lowest BCUT2D eigenvalue weighted by Crippen LogP contribution is -2.28. The number of carbonyl (C=O) groups excluding carboxylic acids is 1. The van der Waals surface area contributed by atoms with Crippen LogP contribution in [0.25, 0.3) is 11.3 Å². The van der Waals surface area contributed by atoms with E-state index >= 15 is 0 Å². The second-order valence-corrected chi connectivity index (χ2v) is 11.1. The minimum atomic E-state index is -0.338. The fourth-order valence-corrected chi connectivity index (χ4v) is 5.51. The minimum Gasteiger partial charge on any atom is -0.265 e. The molecule has 0 spiro atoms. The summed E-state index contributed by atoms with van der Waals surface area (Å²) in [5.74, 6) is -0.338. The number of aromatic nitrogens is 2. The quantitative estimate of drug-likeness (QED) is 0.336. The van der Waals surface area contributed by atoms with Gasteiger partial charge in [0, 0.05) is 26.8 Å². The van der Waals surface area contributed by atoms with Crippen LogP contribution in [0.5, 0.6) is 0 Å². The van der Waals surface area contributed by atoms with Crippen LogP contribution in [0.3, 0.4) is 0 Å². The number of thiazole rings is 2. The number of amides is 1. The highest BCUT2D eigenvalue weighted by Gasteiger charge is 2.36. The first-order valence-electron chi connectivity index (χ1n) is 11.1. The Morgan fingerprint density at radius 2 is 1.60 bits per heavy atom. The molecule has 1 N–H and O–H groups in total.